The summed E-state index contributed by atoms with van der Waals surface area (Å²) in [6.45, 7) is 0.415. The lowest BCUT2D eigenvalue weighted by Crippen LogP contribution is -2.02. The third-order valence-corrected chi connectivity index (χ3v) is 4.69. The Morgan fingerprint density at radius 2 is 2.06 bits per heavy atom. The summed E-state index contributed by atoms with van der Waals surface area (Å²) in [5.74, 6) is 0.597. The molecule has 6 heteroatoms. The van der Waals surface area contributed by atoms with Gasteiger partial charge in [0.2, 0.25) is 0 Å². The molecule has 0 saturated carbocycles. The Hall–Kier alpha value is -0.240. The fourth-order valence-electron chi connectivity index (χ4n) is 1.46. The molecule has 1 aromatic heterocycles. The van der Waals surface area contributed by atoms with Crippen molar-refractivity contribution in [2.75, 3.05) is 7.11 Å². The van der Waals surface area contributed by atoms with Crippen LogP contribution in [0.5, 0.6) is 0 Å². The van der Waals surface area contributed by atoms with Crippen molar-refractivity contribution in [3.8, 4) is 11.4 Å². The summed E-state index contributed by atoms with van der Waals surface area (Å²) in [7, 11) is 1.63. The van der Waals surface area contributed by atoms with Gasteiger partial charge >= 0.3 is 0 Å². The molecule has 0 fully saturated rings. The van der Waals surface area contributed by atoms with E-state index in [4.69, 9.17) is 16.3 Å². The fourth-order valence-corrected chi connectivity index (χ4v) is 2.51. The third-order valence-electron chi connectivity index (χ3n) is 2.28. The van der Waals surface area contributed by atoms with E-state index in [1.165, 1.54) is 0 Å². The van der Waals surface area contributed by atoms with Crippen molar-refractivity contribution < 1.29 is 4.74 Å². The van der Waals surface area contributed by atoms with E-state index < -0.39 is 0 Å². The first kappa shape index (κ1) is 14.2. The summed E-state index contributed by atoms with van der Waals surface area (Å²) < 4.78 is 6.88. The minimum atomic E-state index is 0.415. The molecule has 0 N–H and O–H groups in total. The number of ether oxygens (including phenoxy) is 1. The number of methoxy groups -OCH3 is 1. The van der Waals surface area contributed by atoms with Gasteiger partial charge in [-0.25, -0.2) is 9.97 Å². The molecule has 0 aliphatic rings. The van der Waals surface area contributed by atoms with Gasteiger partial charge in [-0.3, -0.25) is 0 Å². The van der Waals surface area contributed by atoms with Crippen LogP contribution in [0, 0.1) is 3.57 Å². The normalized spacial score (nSPS) is 10.7. The molecule has 0 aliphatic heterocycles. The van der Waals surface area contributed by atoms with Gasteiger partial charge in [0.05, 0.1) is 15.9 Å². The van der Waals surface area contributed by atoms with Crippen LogP contribution >= 0.6 is 50.1 Å². The maximum absolute atomic E-state index is 6.13. The van der Waals surface area contributed by atoms with Gasteiger partial charge in [-0.1, -0.05) is 45.7 Å². The zero-order valence-corrected chi connectivity index (χ0v) is 14.0. The average Bonchev–Trinajstić information content (AvgIpc) is 2.35. The third kappa shape index (κ3) is 3.01. The summed E-state index contributed by atoms with van der Waals surface area (Å²) in [5.41, 5.74) is 1.71. The predicted molar refractivity (Wildman–Crippen MR) is 83.6 cm³/mol. The van der Waals surface area contributed by atoms with Gasteiger partial charge < -0.3 is 4.74 Å². The number of hydrogen-bond donors (Lipinski definition) is 0. The molecule has 0 bridgehead atoms. The van der Waals surface area contributed by atoms with Gasteiger partial charge in [-0.2, -0.15) is 0 Å². The standard InChI is InChI=1S/C12H9BrClIN2O/c1-18-6-9-10(15)11(14)17-12(16-9)7-4-2-3-5-8(7)13/h2-5H,6H2,1H3. The molecule has 2 rings (SSSR count). The molecule has 0 radical (unpaired) electrons. The monoisotopic (exact) mass is 438 g/mol. The summed E-state index contributed by atoms with van der Waals surface area (Å²) in [6, 6.07) is 7.77. The second kappa shape index (κ2) is 6.27. The van der Waals surface area contributed by atoms with Crippen molar-refractivity contribution in [2.24, 2.45) is 0 Å². The Morgan fingerprint density at radius 1 is 1.33 bits per heavy atom. The molecule has 1 heterocycles. The largest absolute Gasteiger partial charge is 0.378 e. The molecule has 0 aliphatic carbocycles. The first-order valence-electron chi connectivity index (χ1n) is 5.09. The quantitative estimate of drug-likeness (QED) is 0.528. The highest BCUT2D eigenvalue weighted by atomic mass is 127. The zero-order valence-electron chi connectivity index (χ0n) is 9.45. The van der Waals surface area contributed by atoms with E-state index >= 15 is 0 Å². The highest BCUT2D eigenvalue weighted by molar-refractivity contribution is 14.1. The predicted octanol–water partition coefficient (Wildman–Crippen LogP) is 4.31. The number of benzene rings is 1. The second-order valence-corrected chi connectivity index (χ2v) is 5.80. The Kier molecular flexibility index (Phi) is 4.94. The number of aromatic nitrogens is 2. The van der Waals surface area contributed by atoms with Crippen LogP contribution in [0.15, 0.2) is 28.7 Å². The molecule has 94 valence electrons. The first-order chi connectivity index (χ1) is 8.63. The van der Waals surface area contributed by atoms with Crippen LogP contribution in [0.3, 0.4) is 0 Å². The van der Waals surface area contributed by atoms with E-state index in [2.05, 4.69) is 48.5 Å². The van der Waals surface area contributed by atoms with Crippen LogP contribution in [0.4, 0.5) is 0 Å². The average molecular weight is 439 g/mol. The minimum absolute atomic E-state index is 0.415. The van der Waals surface area contributed by atoms with Crippen molar-refractivity contribution in [2.45, 2.75) is 6.61 Å². The van der Waals surface area contributed by atoms with Crippen molar-refractivity contribution in [1.29, 1.82) is 0 Å². The summed E-state index contributed by atoms with van der Waals surface area (Å²) >= 11 is 11.7. The van der Waals surface area contributed by atoms with Crippen LogP contribution in [0.25, 0.3) is 11.4 Å². The van der Waals surface area contributed by atoms with E-state index in [-0.39, 0.29) is 0 Å². The lowest BCUT2D eigenvalue weighted by Gasteiger charge is -2.08. The summed E-state index contributed by atoms with van der Waals surface area (Å²) in [5, 5.41) is 0.448. The van der Waals surface area contributed by atoms with Crippen molar-refractivity contribution in [3.05, 3.63) is 43.2 Å². The van der Waals surface area contributed by atoms with Crippen molar-refractivity contribution >= 4 is 50.1 Å². The fraction of sp³-hybridized carbons (Fsp3) is 0.167. The van der Waals surface area contributed by atoms with Gasteiger partial charge in [0.1, 0.15) is 5.15 Å². The number of rotatable bonds is 3. The molecule has 0 amide bonds. The molecule has 0 unspecified atom stereocenters. The number of hydrogen-bond acceptors (Lipinski definition) is 3. The number of nitrogens with zero attached hydrogens (tertiary/aromatic N) is 2. The van der Waals surface area contributed by atoms with E-state index in [1.807, 2.05) is 24.3 Å². The van der Waals surface area contributed by atoms with E-state index in [9.17, 15) is 0 Å². The highest BCUT2D eigenvalue weighted by Crippen LogP contribution is 2.28. The van der Waals surface area contributed by atoms with Crippen molar-refractivity contribution in [3.63, 3.8) is 0 Å². The van der Waals surface area contributed by atoms with Crippen LogP contribution < -0.4 is 0 Å². The Labute approximate surface area is 132 Å². The molecule has 3 nitrogen and oxygen atoms in total. The topological polar surface area (TPSA) is 35.0 Å². The Bertz CT molecular complexity index is 580. The lowest BCUT2D eigenvalue weighted by molar-refractivity contribution is 0.181. The molecule has 0 spiro atoms. The van der Waals surface area contributed by atoms with Gasteiger partial charge in [-0.15, -0.1) is 0 Å². The zero-order chi connectivity index (χ0) is 13.1. The Balaban J connectivity index is 2.56. The van der Waals surface area contributed by atoms with Gasteiger partial charge in [-0.05, 0) is 28.7 Å². The minimum Gasteiger partial charge on any atom is -0.378 e. The van der Waals surface area contributed by atoms with Gasteiger partial charge in [0, 0.05) is 17.1 Å². The van der Waals surface area contributed by atoms with Crippen LogP contribution in [0.2, 0.25) is 5.15 Å². The SMILES string of the molecule is COCc1nc(-c2ccccc2Br)nc(Cl)c1I. The summed E-state index contributed by atoms with van der Waals surface area (Å²) in [4.78, 5) is 8.80. The smallest absolute Gasteiger partial charge is 0.162 e. The van der Waals surface area contributed by atoms with Gasteiger partial charge in [0.25, 0.3) is 0 Å². The molecule has 0 atom stereocenters. The molecular weight excluding hydrogens is 430 g/mol. The van der Waals surface area contributed by atoms with E-state index in [1.54, 1.807) is 7.11 Å². The molecule has 1 aromatic carbocycles. The van der Waals surface area contributed by atoms with Crippen molar-refractivity contribution in [1.82, 2.24) is 9.97 Å². The van der Waals surface area contributed by atoms with Crippen LogP contribution in [-0.2, 0) is 11.3 Å². The van der Waals surface area contributed by atoms with E-state index in [0.29, 0.717) is 17.6 Å². The van der Waals surface area contributed by atoms with Crippen LogP contribution in [-0.4, -0.2) is 17.1 Å². The maximum atomic E-state index is 6.13. The maximum Gasteiger partial charge on any atom is 0.162 e. The Morgan fingerprint density at radius 3 is 2.72 bits per heavy atom. The second-order valence-electron chi connectivity index (χ2n) is 3.51. The first-order valence-corrected chi connectivity index (χ1v) is 7.34. The van der Waals surface area contributed by atoms with E-state index in [0.717, 1.165) is 19.3 Å². The molecule has 18 heavy (non-hydrogen) atoms. The highest BCUT2D eigenvalue weighted by Gasteiger charge is 2.13. The van der Waals surface area contributed by atoms with Crippen LogP contribution in [0.1, 0.15) is 5.69 Å². The molecule has 2 aromatic rings. The summed E-state index contributed by atoms with van der Waals surface area (Å²) in [6.07, 6.45) is 0. The molecule has 0 saturated heterocycles. The lowest BCUT2D eigenvalue weighted by atomic mass is 10.2. The number of halogens is 3. The molecular formula is C12H9BrClIN2O. The van der Waals surface area contributed by atoms with Gasteiger partial charge in [0.15, 0.2) is 5.82 Å².